The molecule has 0 aliphatic heterocycles. The number of rotatable bonds is 4. The standard InChI is InChI=1S/C15H19NO4/c1-15(2,3)20-14(18)10-12-7-5-6-11(16-12)8-9-13(17)19-4/h5-9H,10H2,1-4H3/b9-8+. The SMILES string of the molecule is COC(=O)/C=C/c1cccc(CC(=O)OC(C)(C)C)n1. The van der Waals surface area contributed by atoms with Crippen LogP contribution in [0.15, 0.2) is 24.3 Å². The Morgan fingerprint density at radius 1 is 1.30 bits per heavy atom. The molecular formula is C15H19NO4. The minimum absolute atomic E-state index is 0.0944. The van der Waals surface area contributed by atoms with Gasteiger partial charge in [0.2, 0.25) is 0 Å². The minimum atomic E-state index is -0.514. The molecule has 1 rings (SSSR count). The van der Waals surface area contributed by atoms with E-state index in [2.05, 4.69) is 9.72 Å². The Morgan fingerprint density at radius 2 is 2.00 bits per heavy atom. The van der Waals surface area contributed by atoms with Crippen molar-refractivity contribution in [3.05, 3.63) is 35.7 Å². The highest BCUT2D eigenvalue weighted by Crippen LogP contribution is 2.10. The lowest BCUT2D eigenvalue weighted by Gasteiger charge is -2.19. The van der Waals surface area contributed by atoms with Crippen LogP contribution in [0.4, 0.5) is 0 Å². The van der Waals surface area contributed by atoms with E-state index in [1.54, 1.807) is 18.2 Å². The van der Waals surface area contributed by atoms with Gasteiger partial charge in [0.1, 0.15) is 5.60 Å². The second-order valence-electron chi connectivity index (χ2n) is 5.17. The van der Waals surface area contributed by atoms with Crippen LogP contribution < -0.4 is 0 Å². The van der Waals surface area contributed by atoms with Crippen molar-refractivity contribution in [1.82, 2.24) is 4.98 Å². The predicted octanol–water partition coefficient (Wildman–Crippen LogP) is 2.15. The van der Waals surface area contributed by atoms with E-state index in [9.17, 15) is 9.59 Å². The van der Waals surface area contributed by atoms with E-state index < -0.39 is 11.6 Å². The summed E-state index contributed by atoms with van der Waals surface area (Å²) in [5, 5.41) is 0. The van der Waals surface area contributed by atoms with Crippen molar-refractivity contribution in [2.45, 2.75) is 32.8 Å². The maximum absolute atomic E-state index is 11.7. The fraction of sp³-hybridized carbons (Fsp3) is 0.400. The Bertz CT molecular complexity index is 515. The normalized spacial score (nSPS) is 11.4. The van der Waals surface area contributed by atoms with Crippen LogP contribution in [0.3, 0.4) is 0 Å². The fourth-order valence-electron chi connectivity index (χ4n) is 1.44. The Balaban J connectivity index is 2.71. The molecule has 0 aromatic carbocycles. The lowest BCUT2D eigenvalue weighted by atomic mass is 10.2. The molecule has 0 aliphatic rings. The summed E-state index contributed by atoms with van der Waals surface area (Å²) in [6.07, 6.45) is 2.90. The second-order valence-corrected chi connectivity index (χ2v) is 5.17. The molecule has 0 spiro atoms. The van der Waals surface area contributed by atoms with Crippen LogP contribution >= 0.6 is 0 Å². The Kier molecular flexibility index (Phi) is 5.43. The summed E-state index contributed by atoms with van der Waals surface area (Å²) in [6.45, 7) is 5.44. The molecular weight excluding hydrogens is 258 g/mol. The topological polar surface area (TPSA) is 65.5 Å². The number of nitrogens with zero attached hydrogens (tertiary/aromatic N) is 1. The molecule has 0 aliphatic carbocycles. The first-order chi connectivity index (χ1) is 9.30. The molecule has 108 valence electrons. The summed E-state index contributed by atoms with van der Waals surface area (Å²) in [5.41, 5.74) is 0.655. The number of hydrogen-bond donors (Lipinski definition) is 0. The average Bonchev–Trinajstić information content (AvgIpc) is 2.34. The van der Waals surface area contributed by atoms with Gasteiger partial charge in [-0.3, -0.25) is 9.78 Å². The average molecular weight is 277 g/mol. The molecule has 0 amide bonds. The van der Waals surface area contributed by atoms with Gasteiger partial charge in [0, 0.05) is 6.08 Å². The molecule has 0 saturated carbocycles. The lowest BCUT2D eigenvalue weighted by molar-refractivity contribution is -0.154. The minimum Gasteiger partial charge on any atom is -0.466 e. The van der Waals surface area contributed by atoms with Crippen molar-refractivity contribution in [2.24, 2.45) is 0 Å². The van der Waals surface area contributed by atoms with Gasteiger partial charge in [-0.05, 0) is 39.0 Å². The Labute approximate surface area is 118 Å². The van der Waals surface area contributed by atoms with Gasteiger partial charge in [-0.2, -0.15) is 0 Å². The second kappa shape index (κ2) is 6.84. The van der Waals surface area contributed by atoms with E-state index in [1.807, 2.05) is 20.8 Å². The number of hydrogen-bond acceptors (Lipinski definition) is 5. The van der Waals surface area contributed by atoms with Crippen LogP contribution in [0.25, 0.3) is 6.08 Å². The van der Waals surface area contributed by atoms with Crippen LogP contribution in [-0.4, -0.2) is 29.6 Å². The zero-order chi connectivity index (χ0) is 15.2. The number of aromatic nitrogens is 1. The van der Waals surface area contributed by atoms with Gasteiger partial charge >= 0.3 is 11.9 Å². The fourth-order valence-corrected chi connectivity index (χ4v) is 1.44. The van der Waals surface area contributed by atoms with E-state index in [1.165, 1.54) is 19.3 Å². The number of esters is 2. The predicted molar refractivity (Wildman–Crippen MR) is 74.8 cm³/mol. The van der Waals surface area contributed by atoms with Gasteiger partial charge in [0.25, 0.3) is 0 Å². The van der Waals surface area contributed by atoms with Crippen molar-refractivity contribution in [1.29, 1.82) is 0 Å². The summed E-state index contributed by atoms with van der Waals surface area (Å²) in [7, 11) is 1.30. The quantitative estimate of drug-likeness (QED) is 0.623. The van der Waals surface area contributed by atoms with Crippen LogP contribution in [0.2, 0.25) is 0 Å². The number of pyridine rings is 1. The van der Waals surface area contributed by atoms with Gasteiger partial charge in [0.15, 0.2) is 0 Å². The number of carbonyl (C=O) groups excluding carboxylic acids is 2. The number of carbonyl (C=O) groups is 2. The van der Waals surface area contributed by atoms with Gasteiger partial charge in [0.05, 0.1) is 24.9 Å². The number of methoxy groups -OCH3 is 1. The third-order valence-electron chi connectivity index (χ3n) is 2.17. The maximum atomic E-state index is 11.7. The van der Waals surface area contributed by atoms with E-state index >= 15 is 0 Å². The van der Waals surface area contributed by atoms with Gasteiger partial charge in [-0.15, -0.1) is 0 Å². The zero-order valence-electron chi connectivity index (χ0n) is 12.2. The van der Waals surface area contributed by atoms with Crippen LogP contribution in [0.5, 0.6) is 0 Å². The monoisotopic (exact) mass is 277 g/mol. The lowest BCUT2D eigenvalue weighted by Crippen LogP contribution is -2.25. The molecule has 0 atom stereocenters. The Hall–Kier alpha value is -2.17. The van der Waals surface area contributed by atoms with E-state index in [-0.39, 0.29) is 12.4 Å². The molecule has 0 N–H and O–H groups in total. The first-order valence-electron chi connectivity index (χ1n) is 6.24. The van der Waals surface area contributed by atoms with E-state index in [4.69, 9.17) is 4.74 Å². The maximum Gasteiger partial charge on any atom is 0.330 e. The van der Waals surface area contributed by atoms with Crippen LogP contribution in [0, 0.1) is 0 Å². The highest BCUT2D eigenvalue weighted by Gasteiger charge is 2.16. The molecule has 0 unspecified atom stereocenters. The van der Waals surface area contributed by atoms with Gasteiger partial charge in [-0.1, -0.05) is 6.07 Å². The molecule has 0 bridgehead atoms. The molecule has 5 heteroatoms. The molecule has 1 aromatic rings. The highest BCUT2D eigenvalue weighted by atomic mass is 16.6. The summed E-state index contributed by atoms with van der Waals surface area (Å²) >= 11 is 0. The highest BCUT2D eigenvalue weighted by molar-refractivity contribution is 5.86. The molecule has 0 radical (unpaired) electrons. The van der Waals surface area contributed by atoms with Gasteiger partial charge < -0.3 is 9.47 Å². The molecule has 1 heterocycles. The van der Waals surface area contributed by atoms with Crippen molar-refractivity contribution in [3.8, 4) is 0 Å². The van der Waals surface area contributed by atoms with Crippen molar-refractivity contribution in [3.63, 3.8) is 0 Å². The van der Waals surface area contributed by atoms with Crippen molar-refractivity contribution >= 4 is 18.0 Å². The van der Waals surface area contributed by atoms with Gasteiger partial charge in [-0.25, -0.2) is 4.79 Å². The summed E-state index contributed by atoms with van der Waals surface area (Å²) in [5.74, 6) is -0.788. The zero-order valence-corrected chi connectivity index (χ0v) is 12.2. The third-order valence-corrected chi connectivity index (χ3v) is 2.17. The molecule has 20 heavy (non-hydrogen) atoms. The summed E-state index contributed by atoms with van der Waals surface area (Å²) in [6, 6.07) is 5.24. The molecule has 5 nitrogen and oxygen atoms in total. The molecule has 0 fully saturated rings. The van der Waals surface area contributed by atoms with Crippen LogP contribution in [-0.2, 0) is 25.5 Å². The van der Waals surface area contributed by atoms with Crippen molar-refractivity contribution in [2.75, 3.05) is 7.11 Å². The molecule has 0 saturated heterocycles. The first kappa shape index (κ1) is 15.9. The van der Waals surface area contributed by atoms with E-state index in [0.717, 1.165) is 0 Å². The first-order valence-corrected chi connectivity index (χ1v) is 6.24. The largest absolute Gasteiger partial charge is 0.466 e. The Morgan fingerprint density at radius 3 is 2.60 bits per heavy atom. The molecule has 1 aromatic heterocycles. The summed E-state index contributed by atoms with van der Waals surface area (Å²) in [4.78, 5) is 26.9. The summed E-state index contributed by atoms with van der Waals surface area (Å²) < 4.78 is 9.72. The smallest absolute Gasteiger partial charge is 0.330 e. The third kappa shape index (κ3) is 6.13. The van der Waals surface area contributed by atoms with Crippen molar-refractivity contribution < 1.29 is 19.1 Å². The van der Waals surface area contributed by atoms with Crippen LogP contribution in [0.1, 0.15) is 32.2 Å². The number of ether oxygens (including phenoxy) is 2. The van der Waals surface area contributed by atoms with E-state index in [0.29, 0.717) is 11.4 Å².